The first kappa shape index (κ1) is 27.8. The summed E-state index contributed by atoms with van der Waals surface area (Å²) in [5, 5.41) is 7.10. The van der Waals surface area contributed by atoms with Crippen LogP contribution in [-0.4, -0.2) is 15.0 Å². The molecule has 0 atom stereocenters. The molecule has 0 amide bonds. The predicted molar refractivity (Wildman–Crippen MR) is 200 cm³/mol. The fourth-order valence-electron chi connectivity index (χ4n) is 6.83. The Morgan fingerprint density at radius 2 is 0.771 bits per heavy atom. The van der Waals surface area contributed by atoms with Gasteiger partial charge in [-0.2, -0.15) is 0 Å². The molecule has 0 saturated carbocycles. The van der Waals surface area contributed by atoms with Crippen LogP contribution in [0.2, 0.25) is 0 Å². The molecule has 0 bridgehead atoms. The first-order valence-corrected chi connectivity index (χ1v) is 16.2. The summed E-state index contributed by atoms with van der Waals surface area (Å²) in [5.74, 6) is 1.95. The highest BCUT2D eigenvalue weighted by atomic mass is 15.0. The Hall–Kier alpha value is -6.45. The number of hydrogen-bond acceptors (Lipinski definition) is 3. The fraction of sp³-hybridized carbons (Fsp3) is 0. The van der Waals surface area contributed by atoms with Crippen LogP contribution < -0.4 is 0 Å². The van der Waals surface area contributed by atoms with Gasteiger partial charge in [-0.3, -0.25) is 0 Å². The number of aromatic nitrogens is 3. The van der Waals surface area contributed by atoms with E-state index in [1.807, 2.05) is 18.2 Å². The van der Waals surface area contributed by atoms with Crippen molar-refractivity contribution in [3.05, 3.63) is 176 Å². The van der Waals surface area contributed by atoms with Gasteiger partial charge in [0.05, 0.1) is 0 Å². The molecule has 0 saturated heterocycles. The summed E-state index contributed by atoms with van der Waals surface area (Å²) in [6.07, 6.45) is 0. The molecule has 0 spiro atoms. The molecule has 224 valence electrons. The second-order valence-corrected chi connectivity index (χ2v) is 12.0. The minimum atomic E-state index is 0.642. The standard InChI is InChI=1S/C45H29N3/c1-3-13-30(14-4-1)36-27-28-37(40-23-10-9-22-39(36)40)34-19-11-20-35(29-34)44-46-43(33-16-5-2-6-17-33)47-45(48-44)41-24-12-18-32-26-25-31-15-7-8-21-38(31)42(32)41/h1-29H. The van der Waals surface area contributed by atoms with Gasteiger partial charge in [0, 0.05) is 22.1 Å². The zero-order chi connectivity index (χ0) is 31.9. The van der Waals surface area contributed by atoms with Crippen molar-refractivity contribution < 1.29 is 0 Å². The normalized spacial score (nSPS) is 11.3. The number of fused-ring (bicyclic) bond motifs is 4. The van der Waals surface area contributed by atoms with Crippen molar-refractivity contribution in [1.82, 2.24) is 15.0 Å². The Balaban J connectivity index is 1.24. The number of rotatable bonds is 5. The lowest BCUT2D eigenvalue weighted by molar-refractivity contribution is 1.08. The molecule has 0 N–H and O–H groups in total. The van der Waals surface area contributed by atoms with Crippen LogP contribution in [0.5, 0.6) is 0 Å². The lowest BCUT2D eigenvalue weighted by Crippen LogP contribution is -2.01. The molecule has 8 aromatic carbocycles. The third-order valence-corrected chi connectivity index (χ3v) is 9.12. The van der Waals surface area contributed by atoms with Crippen molar-refractivity contribution in [3.63, 3.8) is 0 Å². The molecule has 48 heavy (non-hydrogen) atoms. The summed E-state index contributed by atoms with van der Waals surface area (Å²) in [6, 6.07) is 61.7. The number of nitrogens with zero attached hydrogens (tertiary/aromatic N) is 3. The molecule has 3 heteroatoms. The molecule has 1 aromatic heterocycles. The Bertz CT molecular complexity index is 2610. The second kappa shape index (κ2) is 11.7. The highest BCUT2D eigenvalue weighted by Gasteiger charge is 2.17. The van der Waals surface area contributed by atoms with E-state index >= 15 is 0 Å². The van der Waals surface area contributed by atoms with E-state index in [-0.39, 0.29) is 0 Å². The average Bonchev–Trinajstić information content (AvgIpc) is 3.17. The molecule has 9 rings (SSSR count). The van der Waals surface area contributed by atoms with E-state index in [1.54, 1.807) is 0 Å². The molecule has 0 fully saturated rings. The monoisotopic (exact) mass is 611 g/mol. The fourth-order valence-corrected chi connectivity index (χ4v) is 6.83. The Kier molecular flexibility index (Phi) is 6.80. The van der Waals surface area contributed by atoms with E-state index in [2.05, 4.69) is 158 Å². The van der Waals surface area contributed by atoms with Crippen molar-refractivity contribution >= 4 is 32.3 Å². The van der Waals surface area contributed by atoms with Crippen LogP contribution >= 0.6 is 0 Å². The van der Waals surface area contributed by atoms with E-state index in [0.29, 0.717) is 17.5 Å². The van der Waals surface area contributed by atoms with Crippen LogP contribution in [0.1, 0.15) is 0 Å². The van der Waals surface area contributed by atoms with Crippen molar-refractivity contribution in [2.24, 2.45) is 0 Å². The predicted octanol–water partition coefficient (Wildman–Crippen LogP) is 11.7. The van der Waals surface area contributed by atoms with Gasteiger partial charge in [0.15, 0.2) is 17.5 Å². The molecule has 9 aromatic rings. The van der Waals surface area contributed by atoms with Crippen molar-refractivity contribution in [2.75, 3.05) is 0 Å². The zero-order valence-corrected chi connectivity index (χ0v) is 26.1. The summed E-state index contributed by atoms with van der Waals surface area (Å²) in [4.78, 5) is 15.3. The third-order valence-electron chi connectivity index (χ3n) is 9.12. The Morgan fingerprint density at radius 1 is 0.271 bits per heavy atom. The van der Waals surface area contributed by atoms with Crippen LogP contribution in [0.4, 0.5) is 0 Å². The summed E-state index contributed by atoms with van der Waals surface area (Å²) in [5.41, 5.74) is 7.60. The van der Waals surface area contributed by atoms with Gasteiger partial charge in [-0.25, -0.2) is 15.0 Å². The van der Waals surface area contributed by atoms with Crippen LogP contribution in [0.25, 0.3) is 88.7 Å². The van der Waals surface area contributed by atoms with Crippen LogP contribution in [0, 0.1) is 0 Å². The zero-order valence-electron chi connectivity index (χ0n) is 26.1. The molecule has 1 heterocycles. The molecule has 0 unspecified atom stereocenters. The minimum absolute atomic E-state index is 0.642. The molecule has 0 aliphatic heterocycles. The number of hydrogen-bond donors (Lipinski definition) is 0. The van der Waals surface area contributed by atoms with Gasteiger partial charge in [-0.15, -0.1) is 0 Å². The molecule has 3 nitrogen and oxygen atoms in total. The summed E-state index contributed by atoms with van der Waals surface area (Å²) in [7, 11) is 0. The van der Waals surface area contributed by atoms with Crippen molar-refractivity contribution in [2.45, 2.75) is 0 Å². The smallest absolute Gasteiger partial charge is 0.164 e. The summed E-state index contributed by atoms with van der Waals surface area (Å²) >= 11 is 0. The largest absolute Gasteiger partial charge is 0.208 e. The van der Waals surface area contributed by atoms with Crippen LogP contribution in [-0.2, 0) is 0 Å². The highest BCUT2D eigenvalue weighted by Crippen LogP contribution is 2.38. The topological polar surface area (TPSA) is 38.7 Å². The van der Waals surface area contributed by atoms with Crippen LogP contribution in [0.3, 0.4) is 0 Å². The van der Waals surface area contributed by atoms with Gasteiger partial charge in [-0.1, -0.05) is 170 Å². The van der Waals surface area contributed by atoms with E-state index in [9.17, 15) is 0 Å². The SMILES string of the molecule is c1ccc(-c2nc(-c3cccc(-c4ccc(-c5ccccc5)c5ccccc45)c3)nc(-c3cccc4ccc5ccccc5c34)n2)cc1. The quantitative estimate of drug-likeness (QED) is 0.182. The molecule has 0 aliphatic rings. The first-order valence-electron chi connectivity index (χ1n) is 16.2. The van der Waals surface area contributed by atoms with Gasteiger partial charge >= 0.3 is 0 Å². The number of benzene rings is 8. The maximum absolute atomic E-state index is 5.19. The second-order valence-electron chi connectivity index (χ2n) is 12.0. The maximum atomic E-state index is 5.19. The Morgan fingerprint density at radius 3 is 1.52 bits per heavy atom. The van der Waals surface area contributed by atoms with E-state index in [0.717, 1.165) is 33.0 Å². The Labute approximate surface area is 278 Å². The van der Waals surface area contributed by atoms with Gasteiger partial charge in [-0.05, 0) is 55.3 Å². The minimum Gasteiger partial charge on any atom is -0.208 e. The molecule has 0 aliphatic carbocycles. The molecular formula is C45H29N3. The van der Waals surface area contributed by atoms with E-state index < -0.39 is 0 Å². The molecule has 0 radical (unpaired) electrons. The van der Waals surface area contributed by atoms with Crippen molar-refractivity contribution in [3.8, 4) is 56.4 Å². The summed E-state index contributed by atoms with van der Waals surface area (Å²) in [6.45, 7) is 0. The van der Waals surface area contributed by atoms with E-state index in [1.165, 1.54) is 38.2 Å². The van der Waals surface area contributed by atoms with Crippen molar-refractivity contribution in [1.29, 1.82) is 0 Å². The summed E-state index contributed by atoms with van der Waals surface area (Å²) < 4.78 is 0. The maximum Gasteiger partial charge on any atom is 0.164 e. The van der Waals surface area contributed by atoms with Gasteiger partial charge in [0.2, 0.25) is 0 Å². The highest BCUT2D eigenvalue weighted by molar-refractivity contribution is 6.13. The lowest BCUT2D eigenvalue weighted by atomic mass is 9.91. The third kappa shape index (κ3) is 4.90. The van der Waals surface area contributed by atoms with Gasteiger partial charge in [0.1, 0.15) is 0 Å². The first-order chi connectivity index (χ1) is 23.8. The van der Waals surface area contributed by atoms with Crippen LogP contribution in [0.15, 0.2) is 176 Å². The van der Waals surface area contributed by atoms with Gasteiger partial charge < -0.3 is 0 Å². The average molecular weight is 612 g/mol. The van der Waals surface area contributed by atoms with E-state index in [4.69, 9.17) is 15.0 Å². The lowest BCUT2D eigenvalue weighted by Gasteiger charge is -2.14. The molecular weight excluding hydrogens is 583 g/mol. The van der Waals surface area contributed by atoms with Gasteiger partial charge in [0.25, 0.3) is 0 Å².